The Morgan fingerprint density at radius 3 is 2.52 bits per heavy atom. The maximum Gasteiger partial charge on any atom is 0.266 e. The van der Waals surface area contributed by atoms with Gasteiger partial charge in [-0.3, -0.25) is 4.79 Å². The van der Waals surface area contributed by atoms with Gasteiger partial charge in [0.05, 0.1) is 18.7 Å². The van der Waals surface area contributed by atoms with Crippen molar-refractivity contribution >= 4 is 17.7 Å². The molecule has 0 fully saturated rings. The van der Waals surface area contributed by atoms with Gasteiger partial charge in [0, 0.05) is 11.8 Å². The van der Waals surface area contributed by atoms with E-state index in [-0.39, 0.29) is 5.57 Å². The molecule has 0 spiro atoms. The Balaban J connectivity index is 2.19. The van der Waals surface area contributed by atoms with Gasteiger partial charge in [-0.25, -0.2) is 0 Å². The molecule has 0 bridgehead atoms. The zero-order valence-corrected chi connectivity index (χ0v) is 12.4. The number of carbonyl (C=O) groups is 1. The first kappa shape index (κ1) is 15.8. The van der Waals surface area contributed by atoms with Gasteiger partial charge in [0.2, 0.25) is 0 Å². The largest absolute Gasteiger partial charge is 0.497 e. The number of amides is 1. The van der Waals surface area contributed by atoms with E-state index in [9.17, 15) is 10.1 Å². The topological polar surface area (TPSA) is 85.9 Å². The fourth-order valence-corrected chi connectivity index (χ4v) is 1.87. The summed E-state index contributed by atoms with van der Waals surface area (Å²) < 4.78 is 5.08. The van der Waals surface area contributed by atoms with E-state index in [2.05, 4.69) is 5.32 Å². The highest BCUT2D eigenvalue weighted by atomic mass is 16.5. The molecule has 0 atom stereocenters. The van der Waals surface area contributed by atoms with Crippen molar-refractivity contribution in [1.82, 2.24) is 0 Å². The number of benzene rings is 2. The van der Waals surface area contributed by atoms with Gasteiger partial charge in [0.1, 0.15) is 17.4 Å². The van der Waals surface area contributed by atoms with Crippen LogP contribution in [0.2, 0.25) is 0 Å². The predicted octanol–water partition coefficient (Wildman–Crippen LogP) is 3.11. The number of methoxy groups -OCH3 is 1. The number of ether oxygens (including phenoxy) is 1. The van der Waals surface area contributed by atoms with Crippen LogP contribution in [0.4, 0.5) is 5.69 Å². The third kappa shape index (κ3) is 4.20. The van der Waals surface area contributed by atoms with Crippen LogP contribution in [0.25, 0.3) is 6.08 Å². The number of nitriles is 2. The number of nitrogens with zero attached hydrogens (tertiary/aromatic N) is 2. The minimum Gasteiger partial charge on any atom is -0.497 e. The van der Waals surface area contributed by atoms with Gasteiger partial charge >= 0.3 is 0 Å². The van der Waals surface area contributed by atoms with Crippen molar-refractivity contribution in [2.24, 2.45) is 0 Å². The molecule has 2 aromatic carbocycles. The second kappa shape index (κ2) is 7.44. The molecule has 0 aliphatic heterocycles. The number of nitrogens with one attached hydrogen (secondary N) is 1. The molecule has 5 nitrogen and oxygen atoms in total. The van der Waals surface area contributed by atoms with Crippen molar-refractivity contribution < 1.29 is 9.53 Å². The van der Waals surface area contributed by atoms with Gasteiger partial charge in [-0.15, -0.1) is 0 Å². The molecule has 0 aliphatic carbocycles. The zero-order chi connectivity index (χ0) is 16.7. The molecule has 0 aromatic heterocycles. The zero-order valence-electron chi connectivity index (χ0n) is 12.4. The van der Waals surface area contributed by atoms with Crippen molar-refractivity contribution in [2.45, 2.75) is 0 Å². The van der Waals surface area contributed by atoms with Gasteiger partial charge in [-0.2, -0.15) is 10.5 Å². The van der Waals surface area contributed by atoms with Gasteiger partial charge in [-0.05, 0) is 35.9 Å². The molecule has 0 saturated carbocycles. The number of rotatable bonds is 4. The Kier molecular flexibility index (Phi) is 5.12. The smallest absolute Gasteiger partial charge is 0.266 e. The molecule has 2 aromatic rings. The molecule has 0 heterocycles. The first-order valence-electron chi connectivity index (χ1n) is 6.73. The third-order valence-electron chi connectivity index (χ3n) is 3.04. The SMILES string of the molecule is COc1cccc(NC(=O)/C(C#N)=C\c2ccc(C#N)cc2)c1. The van der Waals surface area contributed by atoms with Crippen LogP contribution in [0, 0.1) is 22.7 Å². The van der Waals surface area contributed by atoms with E-state index >= 15 is 0 Å². The van der Waals surface area contributed by atoms with E-state index in [0.29, 0.717) is 22.6 Å². The molecule has 0 aliphatic rings. The molecule has 0 saturated heterocycles. The molecular formula is C18H13N3O2. The molecular weight excluding hydrogens is 290 g/mol. The molecule has 23 heavy (non-hydrogen) atoms. The Hall–Kier alpha value is -3.57. The van der Waals surface area contributed by atoms with Crippen LogP contribution in [0.5, 0.6) is 5.75 Å². The summed E-state index contributed by atoms with van der Waals surface area (Å²) in [5.41, 5.74) is 1.69. The highest BCUT2D eigenvalue weighted by molar-refractivity contribution is 6.09. The lowest BCUT2D eigenvalue weighted by molar-refractivity contribution is -0.112. The second-order valence-electron chi connectivity index (χ2n) is 4.59. The summed E-state index contributed by atoms with van der Waals surface area (Å²) in [5.74, 6) is 0.0995. The van der Waals surface area contributed by atoms with Crippen LogP contribution in [0.3, 0.4) is 0 Å². The van der Waals surface area contributed by atoms with Crippen molar-refractivity contribution in [3.05, 3.63) is 65.2 Å². The van der Waals surface area contributed by atoms with E-state index in [0.717, 1.165) is 0 Å². The Morgan fingerprint density at radius 1 is 1.17 bits per heavy atom. The van der Waals surface area contributed by atoms with Crippen LogP contribution in [-0.2, 0) is 4.79 Å². The van der Waals surface area contributed by atoms with Gasteiger partial charge in [-0.1, -0.05) is 18.2 Å². The first-order chi connectivity index (χ1) is 11.2. The van der Waals surface area contributed by atoms with Gasteiger partial charge in [0.15, 0.2) is 0 Å². The average Bonchev–Trinajstić information content (AvgIpc) is 2.60. The Bertz CT molecular complexity index is 825. The van der Waals surface area contributed by atoms with Crippen LogP contribution in [0.15, 0.2) is 54.1 Å². The molecule has 0 radical (unpaired) electrons. The normalized spacial score (nSPS) is 10.3. The third-order valence-corrected chi connectivity index (χ3v) is 3.04. The number of hydrogen-bond donors (Lipinski definition) is 1. The number of anilines is 1. The fourth-order valence-electron chi connectivity index (χ4n) is 1.87. The Morgan fingerprint density at radius 2 is 1.91 bits per heavy atom. The summed E-state index contributed by atoms with van der Waals surface area (Å²) in [4.78, 5) is 12.2. The van der Waals surface area contributed by atoms with Crippen molar-refractivity contribution in [3.8, 4) is 17.9 Å². The van der Waals surface area contributed by atoms with Crippen molar-refractivity contribution in [2.75, 3.05) is 12.4 Å². The van der Waals surface area contributed by atoms with Crippen LogP contribution < -0.4 is 10.1 Å². The van der Waals surface area contributed by atoms with Gasteiger partial charge in [0.25, 0.3) is 5.91 Å². The second-order valence-corrected chi connectivity index (χ2v) is 4.59. The lowest BCUT2D eigenvalue weighted by atomic mass is 10.1. The summed E-state index contributed by atoms with van der Waals surface area (Å²) in [6.07, 6.45) is 1.47. The first-order valence-corrected chi connectivity index (χ1v) is 6.73. The van der Waals surface area contributed by atoms with E-state index in [4.69, 9.17) is 10.00 Å². The summed E-state index contributed by atoms with van der Waals surface area (Å²) in [5, 5.41) is 20.6. The average molecular weight is 303 g/mol. The monoisotopic (exact) mass is 303 g/mol. The molecule has 2 rings (SSSR count). The summed E-state index contributed by atoms with van der Waals surface area (Å²) >= 11 is 0. The maximum atomic E-state index is 12.2. The summed E-state index contributed by atoms with van der Waals surface area (Å²) in [6, 6.07) is 17.4. The highest BCUT2D eigenvalue weighted by Crippen LogP contribution is 2.18. The Labute approximate surface area is 134 Å². The molecule has 1 N–H and O–H groups in total. The van der Waals surface area contributed by atoms with Crippen molar-refractivity contribution in [1.29, 1.82) is 10.5 Å². The highest BCUT2D eigenvalue weighted by Gasteiger charge is 2.10. The summed E-state index contributed by atoms with van der Waals surface area (Å²) in [7, 11) is 1.53. The fraction of sp³-hybridized carbons (Fsp3) is 0.0556. The van der Waals surface area contributed by atoms with Gasteiger partial charge < -0.3 is 10.1 Å². The van der Waals surface area contributed by atoms with E-state index in [1.165, 1.54) is 13.2 Å². The molecule has 5 heteroatoms. The van der Waals surface area contributed by atoms with E-state index < -0.39 is 5.91 Å². The van der Waals surface area contributed by atoms with E-state index in [1.807, 2.05) is 12.1 Å². The van der Waals surface area contributed by atoms with Crippen molar-refractivity contribution in [3.63, 3.8) is 0 Å². The lowest BCUT2D eigenvalue weighted by Crippen LogP contribution is -2.13. The number of carbonyl (C=O) groups excluding carboxylic acids is 1. The predicted molar refractivity (Wildman–Crippen MR) is 86.4 cm³/mol. The van der Waals surface area contributed by atoms with Crippen LogP contribution in [0.1, 0.15) is 11.1 Å². The van der Waals surface area contributed by atoms with Crippen LogP contribution >= 0.6 is 0 Å². The maximum absolute atomic E-state index is 12.2. The number of hydrogen-bond acceptors (Lipinski definition) is 4. The standard InChI is InChI=1S/C18H13N3O2/c1-23-17-4-2-3-16(10-17)21-18(22)15(12-20)9-13-5-7-14(11-19)8-6-13/h2-10H,1H3,(H,21,22)/b15-9-. The van der Waals surface area contributed by atoms with Crippen LogP contribution in [-0.4, -0.2) is 13.0 Å². The quantitative estimate of drug-likeness (QED) is 0.694. The minimum absolute atomic E-state index is 0.0301. The minimum atomic E-state index is -0.509. The molecule has 1 amide bonds. The molecule has 112 valence electrons. The lowest BCUT2D eigenvalue weighted by Gasteiger charge is -2.06. The van der Waals surface area contributed by atoms with E-state index in [1.54, 1.807) is 48.5 Å². The molecule has 0 unspecified atom stereocenters. The summed E-state index contributed by atoms with van der Waals surface area (Å²) in [6.45, 7) is 0.